The molecule has 0 spiro atoms. The molecule has 0 fully saturated rings. The van der Waals surface area contributed by atoms with E-state index in [2.05, 4.69) is 9.97 Å². The van der Waals surface area contributed by atoms with Crippen LogP contribution in [0.2, 0.25) is 0 Å². The molecule has 0 aliphatic heterocycles. The van der Waals surface area contributed by atoms with E-state index in [0.29, 0.717) is 17.0 Å². The van der Waals surface area contributed by atoms with Crippen LogP contribution < -0.4 is 16.0 Å². The van der Waals surface area contributed by atoms with Crippen LogP contribution in [0.3, 0.4) is 0 Å². The molecule has 6 nitrogen and oxygen atoms in total. The Kier molecular flexibility index (Phi) is 1.39. The van der Waals surface area contributed by atoms with Crippen LogP contribution in [0.5, 0.6) is 0 Å². The highest BCUT2D eigenvalue weighted by Crippen LogP contribution is 2.08. The average Bonchev–Trinajstić information content (AvgIpc) is 2.59. The Morgan fingerprint density at radius 1 is 1.69 bits per heavy atom. The maximum absolute atomic E-state index is 11.5. The summed E-state index contributed by atoms with van der Waals surface area (Å²) in [6.07, 6.45) is 1.51. The van der Waals surface area contributed by atoms with Gasteiger partial charge in [0.15, 0.2) is 17.7 Å². The minimum absolute atomic E-state index is 0.183. The van der Waals surface area contributed by atoms with E-state index in [0.717, 1.165) is 0 Å². The van der Waals surface area contributed by atoms with Crippen LogP contribution in [-0.2, 0) is 14.1 Å². The number of nitrogens with one attached hydrogen (secondary N) is 1. The summed E-state index contributed by atoms with van der Waals surface area (Å²) in [6, 6.07) is 0. The molecule has 0 amide bonds. The van der Waals surface area contributed by atoms with E-state index in [9.17, 15) is 4.79 Å². The van der Waals surface area contributed by atoms with Gasteiger partial charge in [-0.15, -0.1) is 0 Å². The predicted molar refractivity (Wildman–Crippen MR) is 46.9 cm³/mol. The van der Waals surface area contributed by atoms with Crippen molar-refractivity contribution in [2.75, 3.05) is 5.73 Å². The lowest BCUT2D eigenvalue weighted by Gasteiger charge is -1.99. The molecule has 13 heavy (non-hydrogen) atoms. The third-order valence-electron chi connectivity index (χ3n) is 2.13. The highest BCUT2D eigenvalue weighted by Gasteiger charge is 2.16. The Morgan fingerprint density at radius 2 is 2.38 bits per heavy atom. The Hall–Kier alpha value is -1.85. The number of aromatic nitrogens is 4. The van der Waals surface area contributed by atoms with Crippen LogP contribution in [0.1, 0.15) is 0 Å². The summed E-state index contributed by atoms with van der Waals surface area (Å²) in [7, 11) is 3.28. The van der Waals surface area contributed by atoms with Crippen LogP contribution >= 0.6 is 0 Å². The minimum Gasteiger partial charge on any atom is -0.371 e. The van der Waals surface area contributed by atoms with E-state index < -0.39 is 0 Å². The molecule has 2 aromatic rings. The van der Waals surface area contributed by atoms with Gasteiger partial charge in [-0.05, 0) is 0 Å². The number of nitrogens with two attached hydrogens (primary N) is 1. The molecule has 0 unspecified atom stereocenters. The topological polar surface area (TPSA) is 80.6 Å². The molecule has 2 heterocycles. The molecule has 0 bridgehead atoms. The largest absolute Gasteiger partial charge is 0.444 e. The van der Waals surface area contributed by atoms with E-state index in [1.165, 1.54) is 15.5 Å². The molecular weight excluding hydrogens is 170 g/mol. The summed E-state index contributed by atoms with van der Waals surface area (Å²) in [5.74, 6) is 0.399. The van der Waals surface area contributed by atoms with Crippen molar-refractivity contribution in [1.82, 2.24) is 14.5 Å². The highest BCUT2D eigenvalue weighted by atomic mass is 16.1. The van der Waals surface area contributed by atoms with E-state index in [1.54, 1.807) is 14.1 Å². The molecule has 0 aliphatic rings. The molecule has 0 atom stereocenters. The number of hydrogen-bond donors (Lipinski definition) is 2. The summed E-state index contributed by atoms with van der Waals surface area (Å²) < 4.78 is 2.82. The van der Waals surface area contributed by atoms with Gasteiger partial charge in [-0.2, -0.15) is 4.57 Å². The summed E-state index contributed by atoms with van der Waals surface area (Å²) in [5.41, 5.74) is 6.78. The lowest BCUT2D eigenvalue weighted by Crippen LogP contribution is -2.52. The summed E-state index contributed by atoms with van der Waals surface area (Å²) >= 11 is 0. The van der Waals surface area contributed by atoms with E-state index in [4.69, 9.17) is 5.73 Å². The Balaban J connectivity index is 3.11. The molecule has 0 saturated carbocycles. The molecule has 0 aliphatic carbocycles. The first kappa shape index (κ1) is 7.78. The summed E-state index contributed by atoms with van der Waals surface area (Å²) in [5, 5.41) is 0. The lowest BCUT2D eigenvalue weighted by molar-refractivity contribution is -0.666. The Bertz CT molecular complexity index is 523. The van der Waals surface area contributed by atoms with Crippen molar-refractivity contribution in [1.29, 1.82) is 0 Å². The predicted octanol–water partition coefficient (Wildman–Crippen LogP) is -1.33. The number of anilines is 1. The van der Waals surface area contributed by atoms with Crippen molar-refractivity contribution in [3.8, 4) is 0 Å². The molecular formula is C7H10N5O+. The number of fused-ring (bicyclic) bond motifs is 1. The molecule has 0 aromatic carbocycles. The normalized spacial score (nSPS) is 10.9. The maximum atomic E-state index is 11.5. The van der Waals surface area contributed by atoms with Gasteiger partial charge in [0.2, 0.25) is 0 Å². The monoisotopic (exact) mass is 180 g/mol. The summed E-state index contributed by atoms with van der Waals surface area (Å²) in [4.78, 5) is 18.4. The zero-order chi connectivity index (χ0) is 9.59. The number of H-pyrrole nitrogens is 1. The SMILES string of the molecule is Cn1c(N)c2[nH]cnc2[n+](C)c1=O. The number of rotatable bonds is 0. The number of aromatic amines is 1. The van der Waals surface area contributed by atoms with Crippen molar-refractivity contribution >= 4 is 17.0 Å². The smallest absolute Gasteiger partial charge is 0.371 e. The molecule has 68 valence electrons. The fourth-order valence-electron chi connectivity index (χ4n) is 1.32. The first-order valence-corrected chi connectivity index (χ1v) is 3.80. The first-order chi connectivity index (χ1) is 6.13. The number of aryl methyl sites for hydroxylation is 1. The Labute approximate surface area is 73.6 Å². The zero-order valence-corrected chi connectivity index (χ0v) is 7.40. The van der Waals surface area contributed by atoms with Crippen LogP contribution in [0, 0.1) is 0 Å². The number of hydrogen-bond acceptors (Lipinski definition) is 3. The van der Waals surface area contributed by atoms with Gasteiger partial charge in [-0.3, -0.25) is 0 Å². The molecule has 6 heteroatoms. The van der Waals surface area contributed by atoms with E-state index in [-0.39, 0.29) is 5.69 Å². The first-order valence-electron chi connectivity index (χ1n) is 3.80. The maximum Gasteiger partial charge on any atom is 0.444 e. The third kappa shape index (κ3) is 0.851. The minimum atomic E-state index is -0.183. The van der Waals surface area contributed by atoms with Crippen LogP contribution in [0.4, 0.5) is 5.82 Å². The molecule has 0 saturated heterocycles. The zero-order valence-electron chi connectivity index (χ0n) is 7.40. The fraction of sp³-hybridized carbons (Fsp3) is 0.286. The molecule has 3 N–H and O–H groups in total. The van der Waals surface area contributed by atoms with Crippen LogP contribution in [0.15, 0.2) is 11.1 Å². The van der Waals surface area contributed by atoms with Crippen LogP contribution in [0.25, 0.3) is 11.2 Å². The number of imidazole rings is 1. The number of nitrogen functional groups attached to an aromatic ring is 1. The second-order valence-corrected chi connectivity index (χ2v) is 2.89. The van der Waals surface area contributed by atoms with Crippen LogP contribution in [-0.4, -0.2) is 14.5 Å². The molecule has 2 rings (SSSR count). The Morgan fingerprint density at radius 3 is 3.08 bits per heavy atom. The van der Waals surface area contributed by atoms with Gasteiger partial charge >= 0.3 is 5.69 Å². The van der Waals surface area contributed by atoms with Crippen molar-refractivity contribution in [3.63, 3.8) is 0 Å². The van der Waals surface area contributed by atoms with Gasteiger partial charge < -0.3 is 10.7 Å². The van der Waals surface area contributed by atoms with Gasteiger partial charge in [0.1, 0.15) is 0 Å². The summed E-state index contributed by atoms with van der Waals surface area (Å²) in [6.45, 7) is 0. The van der Waals surface area contributed by atoms with Gasteiger partial charge in [0.25, 0.3) is 5.65 Å². The highest BCUT2D eigenvalue weighted by molar-refractivity contribution is 5.78. The van der Waals surface area contributed by atoms with Crippen molar-refractivity contribution in [2.24, 2.45) is 14.1 Å². The van der Waals surface area contributed by atoms with Crippen molar-refractivity contribution in [2.45, 2.75) is 0 Å². The van der Waals surface area contributed by atoms with E-state index in [1.807, 2.05) is 0 Å². The molecule has 0 radical (unpaired) electrons. The van der Waals surface area contributed by atoms with Gasteiger partial charge in [-0.1, -0.05) is 4.98 Å². The molecule has 2 aromatic heterocycles. The second-order valence-electron chi connectivity index (χ2n) is 2.89. The fourth-order valence-corrected chi connectivity index (χ4v) is 1.32. The lowest BCUT2D eigenvalue weighted by atomic mass is 10.5. The standard InChI is InChI=1S/C7H9N5O/c1-11-5(8)4-6(10-3-9-4)12(2)7(11)13/h3H,1-2H3,(H2,8,9,10)/p+1. The van der Waals surface area contributed by atoms with Crippen molar-refractivity contribution < 1.29 is 4.57 Å². The van der Waals surface area contributed by atoms with Gasteiger partial charge in [0, 0.05) is 0 Å². The second kappa shape index (κ2) is 2.32. The third-order valence-corrected chi connectivity index (χ3v) is 2.13. The van der Waals surface area contributed by atoms with E-state index >= 15 is 0 Å². The quantitative estimate of drug-likeness (QED) is 0.493. The number of nitrogens with zero attached hydrogens (tertiary/aromatic N) is 3. The van der Waals surface area contributed by atoms with Crippen molar-refractivity contribution in [3.05, 3.63) is 16.8 Å². The average molecular weight is 180 g/mol. The van der Waals surface area contributed by atoms with Gasteiger partial charge in [0.05, 0.1) is 14.1 Å². The van der Waals surface area contributed by atoms with Gasteiger partial charge in [-0.25, -0.2) is 9.36 Å².